The van der Waals surface area contributed by atoms with E-state index in [9.17, 15) is 17.6 Å². The molecule has 2 aromatic rings. The smallest absolute Gasteiger partial charge is 0.338 e. The number of rotatable bonds is 2. The SMILES string of the molecule is N#Cc1ccc(C(F)(F)F)nc1Nc1ccc(F)cc1Br. The maximum Gasteiger partial charge on any atom is 0.433 e. The van der Waals surface area contributed by atoms with E-state index >= 15 is 0 Å². The molecule has 2 rings (SSSR count). The Balaban J connectivity index is 2.45. The normalized spacial score (nSPS) is 11.0. The molecule has 0 spiro atoms. The van der Waals surface area contributed by atoms with Gasteiger partial charge < -0.3 is 5.32 Å². The molecule has 0 aliphatic rings. The standard InChI is InChI=1S/C13H6BrF4N3/c14-9-5-8(15)2-3-10(9)20-12-7(6-19)1-4-11(21-12)13(16,17)18/h1-5H,(H,20,21). The average molecular weight is 360 g/mol. The van der Waals surface area contributed by atoms with Crippen molar-refractivity contribution in [2.75, 3.05) is 5.32 Å². The van der Waals surface area contributed by atoms with E-state index < -0.39 is 17.7 Å². The molecule has 3 nitrogen and oxygen atoms in total. The van der Waals surface area contributed by atoms with Crippen molar-refractivity contribution in [2.24, 2.45) is 0 Å². The maximum atomic E-state index is 13.0. The first-order chi connectivity index (χ1) is 9.81. The number of halogens is 5. The number of hydrogen-bond acceptors (Lipinski definition) is 3. The van der Waals surface area contributed by atoms with Crippen LogP contribution in [-0.2, 0) is 6.18 Å². The quantitative estimate of drug-likeness (QED) is 0.796. The number of aromatic nitrogens is 1. The topological polar surface area (TPSA) is 48.7 Å². The number of nitrogens with zero attached hydrogens (tertiary/aromatic N) is 2. The summed E-state index contributed by atoms with van der Waals surface area (Å²) < 4.78 is 51.2. The van der Waals surface area contributed by atoms with E-state index in [1.807, 2.05) is 0 Å². The van der Waals surface area contributed by atoms with E-state index in [1.54, 1.807) is 6.07 Å². The predicted molar refractivity (Wildman–Crippen MR) is 71.3 cm³/mol. The lowest BCUT2D eigenvalue weighted by Gasteiger charge is -2.12. The molecular weight excluding hydrogens is 354 g/mol. The van der Waals surface area contributed by atoms with Crippen LogP contribution in [0.25, 0.3) is 0 Å². The summed E-state index contributed by atoms with van der Waals surface area (Å²) in [5, 5.41) is 11.5. The fraction of sp³-hybridized carbons (Fsp3) is 0.0769. The molecule has 0 aliphatic carbocycles. The number of hydrogen-bond donors (Lipinski definition) is 1. The van der Waals surface area contributed by atoms with Gasteiger partial charge in [0.1, 0.15) is 23.4 Å². The summed E-state index contributed by atoms with van der Waals surface area (Å²) in [5.41, 5.74) is -0.888. The number of pyridine rings is 1. The number of benzene rings is 1. The molecule has 0 saturated carbocycles. The highest BCUT2D eigenvalue weighted by atomic mass is 79.9. The zero-order valence-electron chi connectivity index (χ0n) is 10.2. The fourth-order valence-electron chi connectivity index (χ4n) is 1.52. The van der Waals surface area contributed by atoms with Crippen molar-refractivity contribution in [1.29, 1.82) is 5.26 Å². The molecule has 21 heavy (non-hydrogen) atoms. The first-order valence-electron chi connectivity index (χ1n) is 5.51. The van der Waals surface area contributed by atoms with Gasteiger partial charge in [-0.05, 0) is 46.3 Å². The van der Waals surface area contributed by atoms with Crippen LogP contribution < -0.4 is 5.32 Å². The number of alkyl halides is 3. The Hall–Kier alpha value is -2.14. The molecule has 0 aliphatic heterocycles. The Morgan fingerprint density at radius 1 is 1.19 bits per heavy atom. The Bertz CT molecular complexity index is 722. The zero-order chi connectivity index (χ0) is 15.6. The van der Waals surface area contributed by atoms with Crippen LogP contribution in [0, 0.1) is 17.1 Å². The molecule has 0 bridgehead atoms. The van der Waals surface area contributed by atoms with Crippen LogP contribution in [0.2, 0.25) is 0 Å². The Morgan fingerprint density at radius 2 is 1.90 bits per heavy atom. The van der Waals surface area contributed by atoms with Gasteiger partial charge >= 0.3 is 6.18 Å². The summed E-state index contributed by atoms with van der Waals surface area (Å²) >= 11 is 3.07. The molecule has 0 amide bonds. The molecule has 0 fully saturated rings. The van der Waals surface area contributed by atoms with Crippen LogP contribution in [0.5, 0.6) is 0 Å². The minimum Gasteiger partial charge on any atom is -0.338 e. The van der Waals surface area contributed by atoms with Gasteiger partial charge in [-0.15, -0.1) is 0 Å². The van der Waals surface area contributed by atoms with Crippen molar-refractivity contribution in [3.63, 3.8) is 0 Å². The molecule has 0 radical (unpaired) electrons. The number of nitriles is 1. The van der Waals surface area contributed by atoms with Gasteiger partial charge in [0.05, 0.1) is 11.3 Å². The average Bonchev–Trinajstić information content (AvgIpc) is 2.41. The van der Waals surface area contributed by atoms with Crippen LogP contribution in [0.1, 0.15) is 11.3 Å². The third-order valence-corrected chi connectivity index (χ3v) is 3.15. The number of anilines is 2. The van der Waals surface area contributed by atoms with Crippen LogP contribution in [0.15, 0.2) is 34.8 Å². The third-order valence-electron chi connectivity index (χ3n) is 2.49. The van der Waals surface area contributed by atoms with Crippen LogP contribution >= 0.6 is 15.9 Å². The second-order valence-electron chi connectivity index (χ2n) is 3.95. The second kappa shape index (κ2) is 5.69. The minimum absolute atomic E-state index is 0.0563. The van der Waals surface area contributed by atoms with Crippen molar-refractivity contribution in [1.82, 2.24) is 4.98 Å². The van der Waals surface area contributed by atoms with E-state index in [0.717, 1.165) is 24.3 Å². The molecular formula is C13H6BrF4N3. The van der Waals surface area contributed by atoms with E-state index in [4.69, 9.17) is 5.26 Å². The van der Waals surface area contributed by atoms with Gasteiger partial charge in [-0.3, -0.25) is 0 Å². The van der Waals surface area contributed by atoms with E-state index in [0.29, 0.717) is 10.2 Å². The van der Waals surface area contributed by atoms with Crippen molar-refractivity contribution in [3.8, 4) is 6.07 Å². The minimum atomic E-state index is -4.62. The van der Waals surface area contributed by atoms with Crippen molar-refractivity contribution >= 4 is 27.4 Å². The van der Waals surface area contributed by atoms with E-state index in [1.165, 1.54) is 6.07 Å². The Kier molecular flexibility index (Phi) is 4.14. The van der Waals surface area contributed by atoms with Crippen molar-refractivity contribution in [3.05, 3.63) is 51.9 Å². The number of nitrogens with one attached hydrogen (secondary N) is 1. The summed E-state index contributed by atoms with van der Waals surface area (Å²) in [4.78, 5) is 3.40. The summed E-state index contributed by atoms with van der Waals surface area (Å²) in [6, 6.07) is 7.09. The second-order valence-corrected chi connectivity index (χ2v) is 4.81. The Morgan fingerprint density at radius 3 is 2.48 bits per heavy atom. The molecule has 0 unspecified atom stereocenters. The first kappa shape index (κ1) is 15.3. The molecule has 1 N–H and O–H groups in total. The fourth-order valence-corrected chi connectivity index (χ4v) is 1.97. The first-order valence-corrected chi connectivity index (χ1v) is 6.31. The highest BCUT2D eigenvalue weighted by Gasteiger charge is 2.33. The highest BCUT2D eigenvalue weighted by Crippen LogP contribution is 2.31. The summed E-state index contributed by atoms with van der Waals surface area (Å²) in [6.07, 6.45) is -4.62. The highest BCUT2D eigenvalue weighted by molar-refractivity contribution is 9.10. The van der Waals surface area contributed by atoms with E-state index in [2.05, 4.69) is 26.2 Å². The van der Waals surface area contributed by atoms with Gasteiger partial charge in [-0.25, -0.2) is 9.37 Å². The van der Waals surface area contributed by atoms with Gasteiger partial charge in [0, 0.05) is 4.47 Å². The molecule has 0 saturated heterocycles. The zero-order valence-corrected chi connectivity index (χ0v) is 11.8. The van der Waals surface area contributed by atoms with Crippen molar-refractivity contribution in [2.45, 2.75) is 6.18 Å². The molecule has 108 valence electrons. The Labute approximate surface area is 125 Å². The van der Waals surface area contributed by atoms with Gasteiger partial charge in [-0.2, -0.15) is 18.4 Å². The largest absolute Gasteiger partial charge is 0.433 e. The van der Waals surface area contributed by atoms with Crippen molar-refractivity contribution < 1.29 is 17.6 Å². The summed E-state index contributed by atoms with van der Waals surface area (Å²) in [7, 11) is 0. The van der Waals surface area contributed by atoms with Crippen LogP contribution in [-0.4, -0.2) is 4.98 Å². The van der Waals surface area contributed by atoms with Crippen LogP contribution in [0.4, 0.5) is 29.1 Å². The molecule has 0 atom stereocenters. The van der Waals surface area contributed by atoms with Crippen LogP contribution in [0.3, 0.4) is 0 Å². The maximum absolute atomic E-state index is 13.0. The molecule has 1 aromatic carbocycles. The summed E-state index contributed by atoms with van der Waals surface area (Å²) in [5.74, 6) is -0.760. The lowest BCUT2D eigenvalue weighted by molar-refractivity contribution is -0.141. The molecule has 8 heteroatoms. The summed E-state index contributed by atoms with van der Waals surface area (Å²) in [6.45, 7) is 0. The molecule has 1 aromatic heterocycles. The molecule has 1 heterocycles. The van der Waals surface area contributed by atoms with Gasteiger partial charge in [-0.1, -0.05) is 0 Å². The monoisotopic (exact) mass is 359 g/mol. The predicted octanol–water partition coefficient (Wildman–Crippen LogP) is 4.62. The van der Waals surface area contributed by atoms with Gasteiger partial charge in [0.25, 0.3) is 0 Å². The van der Waals surface area contributed by atoms with Gasteiger partial charge in [0.15, 0.2) is 0 Å². The third kappa shape index (κ3) is 3.49. The lowest BCUT2D eigenvalue weighted by Crippen LogP contribution is -2.10. The van der Waals surface area contributed by atoms with E-state index in [-0.39, 0.29) is 11.4 Å². The lowest BCUT2D eigenvalue weighted by atomic mass is 10.2. The van der Waals surface area contributed by atoms with Gasteiger partial charge in [0.2, 0.25) is 0 Å².